The van der Waals surface area contributed by atoms with Crippen LogP contribution in [-0.4, -0.2) is 39.0 Å². The topological polar surface area (TPSA) is 30.5 Å². The highest BCUT2D eigenvalue weighted by molar-refractivity contribution is 4.85. The lowest BCUT2D eigenvalue weighted by atomic mass is 9.97. The molecule has 0 bridgehead atoms. The molecule has 12 heavy (non-hydrogen) atoms. The van der Waals surface area contributed by atoms with Gasteiger partial charge in [-0.05, 0) is 6.42 Å². The molecule has 0 radical (unpaired) electrons. The summed E-state index contributed by atoms with van der Waals surface area (Å²) in [5, 5.41) is 3.34. The lowest BCUT2D eigenvalue weighted by molar-refractivity contribution is -0.109. The lowest BCUT2D eigenvalue weighted by Crippen LogP contribution is -2.52. The fourth-order valence-electron chi connectivity index (χ4n) is 1.75. The molecule has 1 rings (SSSR count). The Kier molecular flexibility index (Phi) is 3.98. The molecular weight excluding hydrogens is 154 g/mol. The molecule has 1 aliphatic heterocycles. The Balaban J connectivity index is 2.44. The van der Waals surface area contributed by atoms with Crippen molar-refractivity contribution in [1.29, 1.82) is 0 Å². The molecular formula is C9H19NO2. The van der Waals surface area contributed by atoms with Crippen LogP contribution in [0.1, 0.15) is 19.8 Å². The van der Waals surface area contributed by atoms with Gasteiger partial charge in [-0.25, -0.2) is 0 Å². The molecule has 1 fully saturated rings. The Morgan fingerprint density at radius 2 is 2.42 bits per heavy atom. The average Bonchev–Trinajstić information content (AvgIpc) is 2.07. The lowest BCUT2D eigenvalue weighted by Gasteiger charge is -2.37. The second kappa shape index (κ2) is 4.80. The summed E-state index contributed by atoms with van der Waals surface area (Å²) in [6.45, 7) is 5.58. The smallest absolute Gasteiger partial charge is 0.104 e. The predicted molar refractivity (Wildman–Crippen MR) is 48.3 cm³/mol. The summed E-state index contributed by atoms with van der Waals surface area (Å²) in [6, 6.07) is 0. The maximum atomic E-state index is 5.76. The number of hydrogen-bond donors (Lipinski definition) is 1. The fourth-order valence-corrected chi connectivity index (χ4v) is 1.75. The van der Waals surface area contributed by atoms with E-state index < -0.39 is 0 Å². The summed E-state index contributed by atoms with van der Waals surface area (Å²) in [4.78, 5) is 0. The van der Waals surface area contributed by atoms with Crippen LogP contribution in [0.5, 0.6) is 0 Å². The second-order valence-electron chi connectivity index (χ2n) is 3.39. The molecule has 1 saturated heterocycles. The van der Waals surface area contributed by atoms with Gasteiger partial charge in [0.25, 0.3) is 0 Å². The van der Waals surface area contributed by atoms with Gasteiger partial charge in [-0.1, -0.05) is 13.3 Å². The zero-order valence-corrected chi connectivity index (χ0v) is 8.06. The van der Waals surface area contributed by atoms with Crippen molar-refractivity contribution in [3.8, 4) is 0 Å². The first-order valence-corrected chi connectivity index (χ1v) is 4.66. The molecule has 0 saturated carbocycles. The van der Waals surface area contributed by atoms with Gasteiger partial charge in [0.2, 0.25) is 0 Å². The SMILES string of the molecule is CCCC1(COC)CNCCO1. The molecule has 1 heterocycles. The van der Waals surface area contributed by atoms with E-state index in [0.717, 1.165) is 32.5 Å². The minimum Gasteiger partial charge on any atom is -0.382 e. The monoisotopic (exact) mass is 173 g/mol. The number of nitrogens with one attached hydrogen (secondary N) is 1. The summed E-state index contributed by atoms with van der Waals surface area (Å²) in [5.41, 5.74) is -0.0538. The zero-order valence-electron chi connectivity index (χ0n) is 8.06. The molecule has 1 unspecified atom stereocenters. The molecule has 0 aromatic heterocycles. The van der Waals surface area contributed by atoms with Gasteiger partial charge in [0.1, 0.15) is 5.60 Å². The zero-order chi connectivity index (χ0) is 8.86. The van der Waals surface area contributed by atoms with E-state index in [4.69, 9.17) is 9.47 Å². The van der Waals surface area contributed by atoms with Gasteiger partial charge in [-0.2, -0.15) is 0 Å². The largest absolute Gasteiger partial charge is 0.382 e. The van der Waals surface area contributed by atoms with Gasteiger partial charge < -0.3 is 14.8 Å². The fraction of sp³-hybridized carbons (Fsp3) is 1.00. The number of ether oxygens (including phenoxy) is 2. The van der Waals surface area contributed by atoms with E-state index in [0.29, 0.717) is 6.61 Å². The van der Waals surface area contributed by atoms with Crippen LogP contribution >= 0.6 is 0 Å². The molecule has 1 aliphatic rings. The van der Waals surface area contributed by atoms with Crippen LogP contribution in [0.3, 0.4) is 0 Å². The Morgan fingerprint density at radius 1 is 1.58 bits per heavy atom. The van der Waals surface area contributed by atoms with Crippen molar-refractivity contribution in [1.82, 2.24) is 5.32 Å². The summed E-state index contributed by atoms with van der Waals surface area (Å²) >= 11 is 0. The maximum Gasteiger partial charge on any atom is 0.104 e. The van der Waals surface area contributed by atoms with Gasteiger partial charge in [0, 0.05) is 20.2 Å². The van der Waals surface area contributed by atoms with E-state index in [2.05, 4.69) is 12.2 Å². The van der Waals surface area contributed by atoms with E-state index in [1.165, 1.54) is 0 Å². The van der Waals surface area contributed by atoms with Crippen molar-refractivity contribution in [3.05, 3.63) is 0 Å². The second-order valence-corrected chi connectivity index (χ2v) is 3.39. The van der Waals surface area contributed by atoms with Gasteiger partial charge >= 0.3 is 0 Å². The van der Waals surface area contributed by atoms with Crippen LogP contribution in [0.4, 0.5) is 0 Å². The average molecular weight is 173 g/mol. The molecule has 0 amide bonds. The standard InChI is InChI=1S/C9H19NO2/c1-3-4-9(8-11-2)7-10-5-6-12-9/h10H,3-8H2,1-2H3. The number of rotatable bonds is 4. The third kappa shape index (κ3) is 2.44. The Bertz CT molecular complexity index is 106. The first-order chi connectivity index (χ1) is 5.83. The highest BCUT2D eigenvalue weighted by Gasteiger charge is 2.32. The van der Waals surface area contributed by atoms with Crippen LogP contribution in [0, 0.1) is 0 Å². The molecule has 72 valence electrons. The minimum atomic E-state index is -0.0538. The third-order valence-electron chi connectivity index (χ3n) is 2.25. The Morgan fingerprint density at radius 3 is 2.92 bits per heavy atom. The first kappa shape index (κ1) is 9.96. The summed E-state index contributed by atoms with van der Waals surface area (Å²) in [7, 11) is 1.73. The number of hydrogen-bond acceptors (Lipinski definition) is 3. The van der Waals surface area contributed by atoms with Crippen molar-refractivity contribution < 1.29 is 9.47 Å². The van der Waals surface area contributed by atoms with Crippen molar-refractivity contribution in [2.24, 2.45) is 0 Å². The summed E-state index contributed by atoms with van der Waals surface area (Å²) in [6.07, 6.45) is 2.22. The van der Waals surface area contributed by atoms with Gasteiger partial charge in [-0.15, -0.1) is 0 Å². The molecule has 3 nitrogen and oxygen atoms in total. The molecule has 3 heteroatoms. The van der Waals surface area contributed by atoms with Crippen LogP contribution in [0.25, 0.3) is 0 Å². The van der Waals surface area contributed by atoms with E-state index in [9.17, 15) is 0 Å². The predicted octanol–water partition coefficient (Wildman–Crippen LogP) is 0.791. The summed E-state index contributed by atoms with van der Waals surface area (Å²) in [5.74, 6) is 0. The molecule has 0 aromatic carbocycles. The van der Waals surface area contributed by atoms with Crippen LogP contribution in [-0.2, 0) is 9.47 Å². The van der Waals surface area contributed by atoms with Crippen molar-refractivity contribution >= 4 is 0 Å². The van der Waals surface area contributed by atoms with Gasteiger partial charge in [0.05, 0.1) is 13.2 Å². The molecule has 1 atom stereocenters. The first-order valence-electron chi connectivity index (χ1n) is 4.66. The highest BCUT2D eigenvalue weighted by Crippen LogP contribution is 2.19. The van der Waals surface area contributed by atoms with Crippen LogP contribution < -0.4 is 5.32 Å². The molecule has 0 aliphatic carbocycles. The highest BCUT2D eigenvalue weighted by atomic mass is 16.5. The van der Waals surface area contributed by atoms with Crippen molar-refractivity contribution in [2.75, 3.05) is 33.4 Å². The number of morpholine rings is 1. The van der Waals surface area contributed by atoms with Gasteiger partial charge in [-0.3, -0.25) is 0 Å². The maximum absolute atomic E-state index is 5.76. The summed E-state index contributed by atoms with van der Waals surface area (Å²) < 4.78 is 10.9. The van der Waals surface area contributed by atoms with E-state index in [1.54, 1.807) is 7.11 Å². The van der Waals surface area contributed by atoms with Crippen molar-refractivity contribution in [3.63, 3.8) is 0 Å². The minimum absolute atomic E-state index is 0.0538. The Labute approximate surface area is 74.4 Å². The molecule has 0 spiro atoms. The molecule has 0 aromatic rings. The third-order valence-corrected chi connectivity index (χ3v) is 2.25. The van der Waals surface area contributed by atoms with E-state index >= 15 is 0 Å². The van der Waals surface area contributed by atoms with Crippen molar-refractivity contribution in [2.45, 2.75) is 25.4 Å². The number of methoxy groups -OCH3 is 1. The van der Waals surface area contributed by atoms with Gasteiger partial charge in [0.15, 0.2) is 0 Å². The van der Waals surface area contributed by atoms with Crippen LogP contribution in [0.2, 0.25) is 0 Å². The quantitative estimate of drug-likeness (QED) is 0.682. The van der Waals surface area contributed by atoms with E-state index in [-0.39, 0.29) is 5.60 Å². The molecule has 1 N–H and O–H groups in total. The Hall–Kier alpha value is -0.120. The normalized spacial score (nSPS) is 30.5. The van der Waals surface area contributed by atoms with E-state index in [1.807, 2.05) is 0 Å². The van der Waals surface area contributed by atoms with Crippen LogP contribution in [0.15, 0.2) is 0 Å².